The number of aromatic amines is 1. The highest BCUT2D eigenvalue weighted by Gasteiger charge is 2.25. The number of anilines is 2. The first-order chi connectivity index (χ1) is 17.7. The van der Waals surface area contributed by atoms with Crippen LogP contribution in [0.2, 0.25) is 0 Å². The zero-order valence-electron chi connectivity index (χ0n) is 21.3. The molecule has 36 heavy (non-hydrogen) atoms. The van der Waals surface area contributed by atoms with Gasteiger partial charge in [-0.05, 0) is 66.6 Å². The molecule has 1 aliphatic heterocycles. The Bertz CT molecular complexity index is 1320. The Morgan fingerprint density at radius 2 is 1.75 bits per heavy atom. The van der Waals surface area contributed by atoms with Crippen molar-refractivity contribution in [2.75, 3.05) is 11.9 Å². The normalized spacial score (nSPS) is 16.9. The van der Waals surface area contributed by atoms with Gasteiger partial charge in [0.05, 0.1) is 11.9 Å². The van der Waals surface area contributed by atoms with Crippen molar-refractivity contribution in [2.24, 2.45) is 0 Å². The van der Waals surface area contributed by atoms with Crippen LogP contribution in [0.1, 0.15) is 55.2 Å². The molecule has 4 heteroatoms. The molecule has 0 radical (unpaired) electrons. The zero-order chi connectivity index (χ0) is 24.3. The van der Waals surface area contributed by atoms with Gasteiger partial charge in [-0.1, -0.05) is 74.2 Å². The van der Waals surface area contributed by atoms with E-state index in [1.165, 1.54) is 67.4 Å². The number of fused-ring (bicyclic) bond motifs is 1. The van der Waals surface area contributed by atoms with E-state index < -0.39 is 0 Å². The summed E-state index contributed by atoms with van der Waals surface area (Å²) >= 11 is 0. The Hall–Kier alpha value is -3.37. The number of rotatable bonds is 5. The molecule has 1 aliphatic carbocycles. The van der Waals surface area contributed by atoms with Gasteiger partial charge in [-0.3, -0.25) is 4.90 Å². The molecule has 0 spiro atoms. The van der Waals surface area contributed by atoms with E-state index in [4.69, 9.17) is 4.98 Å². The van der Waals surface area contributed by atoms with Crippen LogP contribution in [0.4, 0.5) is 11.4 Å². The summed E-state index contributed by atoms with van der Waals surface area (Å²) in [4.78, 5) is 11.0. The summed E-state index contributed by atoms with van der Waals surface area (Å²) in [6, 6.07) is 24.5. The van der Waals surface area contributed by atoms with Crippen LogP contribution in [0.15, 0.2) is 72.9 Å². The lowest BCUT2D eigenvalue weighted by atomic mass is 9.95. The molecule has 2 N–H and O–H groups in total. The zero-order valence-corrected chi connectivity index (χ0v) is 21.3. The summed E-state index contributed by atoms with van der Waals surface area (Å²) in [5.74, 6) is 0.907. The number of hydrogen-bond donors (Lipinski definition) is 2. The van der Waals surface area contributed by atoms with Crippen molar-refractivity contribution in [1.82, 2.24) is 14.9 Å². The molecule has 0 amide bonds. The van der Waals surface area contributed by atoms with Crippen LogP contribution in [0.3, 0.4) is 0 Å². The first-order valence-corrected chi connectivity index (χ1v) is 13.6. The molecule has 2 aliphatic rings. The minimum absolute atomic E-state index is 0.769. The first kappa shape index (κ1) is 23.1. The summed E-state index contributed by atoms with van der Waals surface area (Å²) in [6.45, 7) is 4.41. The Morgan fingerprint density at radius 3 is 2.58 bits per heavy atom. The molecule has 0 bridgehead atoms. The maximum Gasteiger partial charge on any atom is 0.138 e. The molecule has 4 nitrogen and oxygen atoms in total. The number of aromatic nitrogens is 2. The molecule has 0 atom stereocenters. The monoisotopic (exact) mass is 476 g/mol. The van der Waals surface area contributed by atoms with E-state index in [1.54, 1.807) is 0 Å². The van der Waals surface area contributed by atoms with Gasteiger partial charge < -0.3 is 10.3 Å². The molecule has 3 aromatic carbocycles. The van der Waals surface area contributed by atoms with Crippen molar-refractivity contribution < 1.29 is 0 Å². The second kappa shape index (κ2) is 10.3. The van der Waals surface area contributed by atoms with Gasteiger partial charge in [0.2, 0.25) is 0 Å². The first-order valence-electron chi connectivity index (χ1n) is 13.6. The fourth-order valence-corrected chi connectivity index (χ4v) is 6.02. The van der Waals surface area contributed by atoms with Gasteiger partial charge in [0.1, 0.15) is 5.82 Å². The number of imidazole rings is 1. The third-order valence-electron chi connectivity index (χ3n) is 8.07. The van der Waals surface area contributed by atoms with E-state index in [0.29, 0.717) is 0 Å². The molecule has 184 valence electrons. The van der Waals surface area contributed by atoms with Crippen molar-refractivity contribution in [3.8, 4) is 22.6 Å². The molecule has 4 aromatic rings. The van der Waals surface area contributed by atoms with E-state index in [1.807, 2.05) is 12.3 Å². The maximum atomic E-state index is 4.71. The van der Waals surface area contributed by atoms with Crippen molar-refractivity contribution in [3.05, 3.63) is 89.6 Å². The van der Waals surface area contributed by atoms with Crippen LogP contribution < -0.4 is 5.32 Å². The highest BCUT2D eigenvalue weighted by atomic mass is 15.2. The predicted molar refractivity (Wildman–Crippen MR) is 150 cm³/mol. The van der Waals surface area contributed by atoms with Crippen LogP contribution >= 0.6 is 0 Å². The van der Waals surface area contributed by atoms with Gasteiger partial charge in [-0.25, -0.2) is 4.98 Å². The second-order valence-electron chi connectivity index (χ2n) is 10.5. The largest absolute Gasteiger partial charge is 0.355 e. The van der Waals surface area contributed by atoms with Crippen LogP contribution in [0, 0.1) is 6.92 Å². The minimum Gasteiger partial charge on any atom is -0.355 e. The predicted octanol–water partition coefficient (Wildman–Crippen LogP) is 7.88. The summed E-state index contributed by atoms with van der Waals surface area (Å²) < 4.78 is 0. The third-order valence-corrected chi connectivity index (χ3v) is 8.07. The van der Waals surface area contributed by atoms with E-state index >= 15 is 0 Å². The molecule has 1 saturated carbocycles. The lowest BCUT2D eigenvalue weighted by molar-refractivity contribution is 0.162. The fourth-order valence-electron chi connectivity index (χ4n) is 6.02. The van der Waals surface area contributed by atoms with Crippen molar-refractivity contribution in [2.45, 2.75) is 64.5 Å². The Kier molecular flexibility index (Phi) is 6.61. The minimum atomic E-state index is 0.769. The van der Waals surface area contributed by atoms with Crippen LogP contribution in [-0.2, 0) is 13.0 Å². The number of nitrogens with zero attached hydrogens (tertiary/aromatic N) is 2. The van der Waals surface area contributed by atoms with Gasteiger partial charge in [-0.2, -0.15) is 0 Å². The van der Waals surface area contributed by atoms with Crippen molar-refractivity contribution >= 4 is 11.4 Å². The summed E-state index contributed by atoms with van der Waals surface area (Å²) in [7, 11) is 0. The van der Waals surface area contributed by atoms with Gasteiger partial charge in [-0.15, -0.1) is 0 Å². The summed E-state index contributed by atoms with van der Waals surface area (Å²) in [6.07, 6.45) is 11.4. The average molecular weight is 477 g/mol. The van der Waals surface area contributed by atoms with Crippen molar-refractivity contribution in [3.63, 3.8) is 0 Å². The maximum absolute atomic E-state index is 4.71. The van der Waals surface area contributed by atoms with Crippen LogP contribution in [0.25, 0.3) is 22.6 Å². The van der Waals surface area contributed by atoms with Crippen molar-refractivity contribution in [1.29, 1.82) is 0 Å². The Balaban J connectivity index is 1.22. The SMILES string of the molecule is Cc1ccc(Nc2cccc3c2CCN(C2CCCCCC2)C3)cc1-c1ncc(-c2ccccc2)[nH]1. The smallest absolute Gasteiger partial charge is 0.138 e. The number of nitrogens with one attached hydrogen (secondary N) is 2. The van der Waals surface area contributed by atoms with Gasteiger partial charge in [0, 0.05) is 36.1 Å². The molecule has 1 aromatic heterocycles. The van der Waals surface area contributed by atoms with Crippen LogP contribution in [-0.4, -0.2) is 27.5 Å². The molecule has 6 rings (SSSR count). The summed E-state index contributed by atoms with van der Waals surface area (Å²) in [5.41, 5.74) is 9.85. The number of hydrogen-bond acceptors (Lipinski definition) is 3. The quantitative estimate of drug-likeness (QED) is 0.288. The lowest BCUT2D eigenvalue weighted by Gasteiger charge is -2.36. The Labute approximate surface area is 214 Å². The highest BCUT2D eigenvalue weighted by molar-refractivity contribution is 5.73. The molecule has 1 fully saturated rings. The van der Waals surface area contributed by atoms with E-state index in [-0.39, 0.29) is 0 Å². The van der Waals surface area contributed by atoms with E-state index in [9.17, 15) is 0 Å². The fraction of sp³-hybridized carbons (Fsp3) is 0.344. The third kappa shape index (κ3) is 4.83. The molecule has 2 heterocycles. The molecular formula is C32H36N4. The highest BCUT2D eigenvalue weighted by Crippen LogP contribution is 2.33. The number of benzene rings is 3. The van der Waals surface area contributed by atoms with E-state index in [2.05, 4.69) is 82.8 Å². The van der Waals surface area contributed by atoms with Crippen LogP contribution in [0.5, 0.6) is 0 Å². The average Bonchev–Trinajstić information content (AvgIpc) is 3.25. The molecule has 0 saturated heterocycles. The van der Waals surface area contributed by atoms with Gasteiger partial charge in [0.15, 0.2) is 0 Å². The Morgan fingerprint density at radius 1 is 0.917 bits per heavy atom. The van der Waals surface area contributed by atoms with E-state index in [0.717, 1.165) is 47.3 Å². The van der Waals surface area contributed by atoms with Gasteiger partial charge >= 0.3 is 0 Å². The number of aryl methyl sites for hydroxylation is 1. The lowest BCUT2D eigenvalue weighted by Crippen LogP contribution is -2.39. The standard InChI is InChI=1S/C32H36N4/c1-23-16-17-26(20-29(23)32-33-21-31(35-32)24-10-5-4-6-11-24)34-30-15-9-12-25-22-36(19-18-28(25)30)27-13-7-2-3-8-14-27/h4-6,9-12,15-17,20-21,27,34H,2-3,7-8,13-14,18-19,22H2,1H3,(H,33,35). The molecule has 0 unspecified atom stereocenters. The summed E-state index contributed by atoms with van der Waals surface area (Å²) in [5, 5.41) is 3.75. The molecular weight excluding hydrogens is 440 g/mol. The second-order valence-corrected chi connectivity index (χ2v) is 10.5. The van der Waals surface area contributed by atoms with Gasteiger partial charge in [0.25, 0.3) is 0 Å². The number of H-pyrrole nitrogens is 1. The topological polar surface area (TPSA) is 44.0 Å².